The highest BCUT2D eigenvalue weighted by atomic mass is 16.5. The molecule has 1 aromatic carbocycles. The summed E-state index contributed by atoms with van der Waals surface area (Å²) in [6.45, 7) is 3.03. The maximum absolute atomic E-state index is 12.7. The number of hydrogen-bond acceptors (Lipinski definition) is 5. The van der Waals surface area contributed by atoms with Gasteiger partial charge in [0.2, 0.25) is 0 Å². The molecule has 0 saturated carbocycles. The lowest BCUT2D eigenvalue weighted by molar-refractivity contribution is -0.00905. The van der Waals surface area contributed by atoms with Crippen LogP contribution in [0.15, 0.2) is 42.6 Å². The zero-order valence-corrected chi connectivity index (χ0v) is 16.3. The normalized spacial score (nSPS) is 20.4. The van der Waals surface area contributed by atoms with Crippen molar-refractivity contribution in [3.8, 4) is 0 Å². The number of nitrogens with zero attached hydrogens (tertiary/aromatic N) is 3. The van der Waals surface area contributed by atoms with Crippen molar-refractivity contribution in [3.05, 3.63) is 53.9 Å². The molecule has 0 spiro atoms. The lowest BCUT2D eigenvalue weighted by Gasteiger charge is -2.28. The number of carbonyl (C=O) groups is 1. The number of aliphatic hydroxyl groups excluding tert-OH is 1. The second kappa shape index (κ2) is 8.59. The van der Waals surface area contributed by atoms with E-state index in [1.165, 1.54) is 0 Å². The van der Waals surface area contributed by atoms with Crippen LogP contribution in [0.4, 0.5) is 10.6 Å². The van der Waals surface area contributed by atoms with Crippen LogP contribution >= 0.6 is 0 Å². The van der Waals surface area contributed by atoms with E-state index in [0.717, 1.165) is 35.1 Å². The molecule has 0 fully saturated rings. The zero-order valence-electron chi connectivity index (χ0n) is 16.3. The molecule has 2 amide bonds. The summed E-state index contributed by atoms with van der Waals surface area (Å²) in [5.41, 5.74) is 2.73. The summed E-state index contributed by atoms with van der Waals surface area (Å²) in [6.07, 6.45) is 2.68. The van der Waals surface area contributed by atoms with Gasteiger partial charge in [0.25, 0.3) is 0 Å². The quantitative estimate of drug-likeness (QED) is 0.633. The number of carbonyl (C=O) groups excluding carboxylic acids is 1. The van der Waals surface area contributed by atoms with E-state index in [2.05, 4.69) is 20.7 Å². The number of hydrogen-bond donors (Lipinski definition) is 3. The molecule has 3 N–H and O–H groups in total. The predicted octanol–water partition coefficient (Wildman–Crippen LogP) is 2.64. The van der Waals surface area contributed by atoms with Gasteiger partial charge in [-0.25, -0.2) is 9.78 Å². The lowest BCUT2D eigenvalue weighted by atomic mass is 10.0. The molecule has 2 bridgehead atoms. The Kier molecular flexibility index (Phi) is 5.73. The smallest absolute Gasteiger partial charge is 0.320 e. The molecule has 0 radical (unpaired) electrons. The van der Waals surface area contributed by atoms with Gasteiger partial charge in [0.15, 0.2) is 0 Å². The van der Waals surface area contributed by atoms with Crippen LogP contribution < -0.4 is 10.6 Å². The van der Waals surface area contributed by atoms with Crippen molar-refractivity contribution in [1.82, 2.24) is 20.1 Å². The van der Waals surface area contributed by atoms with Crippen LogP contribution in [0.25, 0.3) is 10.9 Å². The molecule has 3 heterocycles. The van der Waals surface area contributed by atoms with Gasteiger partial charge in [-0.2, -0.15) is 5.10 Å². The van der Waals surface area contributed by atoms with Gasteiger partial charge in [0.1, 0.15) is 11.9 Å². The first kappa shape index (κ1) is 19.4. The molecule has 0 aliphatic carbocycles. The van der Waals surface area contributed by atoms with Gasteiger partial charge in [0.05, 0.1) is 30.1 Å². The van der Waals surface area contributed by atoms with E-state index >= 15 is 0 Å². The lowest BCUT2D eigenvalue weighted by Crippen LogP contribution is -2.42. The number of fused-ring (bicyclic) bond motifs is 4. The van der Waals surface area contributed by atoms with Crippen LogP contribution in [0.5, 0.6) is 0 Å². The van der Waals surface area contributed by atoms with Crippen LogP contribution in [-0.2, 0) is 17.7 Å². The Bertz CT molecular complexity index is 989. The molecule has 4 rings (SSSR count). The standard InChI is InChI=1S/C21H25N5O3/c1-2-26-20-15(12-22-26)11-18-23-16(20)9-6-10-29-17(13-27)19(25-21(28)24-18)14-7-4-3-5-8-14/h3-5,7-8,11-12,17,19,27H,2,6,9-10,13H2,1H3,(H2,23,24,25,28). The van der Waals surface area contributed by atoms with Crippen LogP contribution in [-0.4, -0.2) is 45.2 Å². The molecular weight excluding hydrogens is 370 g/mol. The summed E-state index contributed by atoms with van der Waals surface area (Å²) >= 11 is 0. The monoisotopic (exact) mass is 395 g/mol. The number of urea groups is 1. The summed E-state index contributed by atoms with van der Waals surface area (Å²) < 4.78 is 7.87. The molecule has 2 unspecified atom stereocenters. The Morgan fingerprint density at radius 1 is 1.31 bits per heavy atom. The fourth-order valence-corrected chi connectivity index (χ4v) is 3.75. The molecule has 2 atom stereocenters. The number of pyridine rings is 1. The first-order chi connectivity index (χ1) is 14.2. The second-order valence-corrected chi connectivity index (χ2v) is 7.03. The van der Waals surface area contributed by atoms with E-state index in [1.54, 1.807) is 6.20 Å². The predicted molar refractivity (Wildman–Crippen MR) is 110 cm³/mol. The molecule has 8 heteroatoms. The Hall–Kier alpha value is -2.97. The van der Waals surface area contributed by atoms with E-state index in [4.69, 9.17) is 4.74 Å². The molecule has 8 nitrogen and oxygen atoms in total. The number of aryl methyl sites for hydroxylation is 2. The number of rotatable bonds is 3. The topological polar surface area (TPSA) is 101 Å². The first-order valence-electron chi connectivity index (χ1n) is 9.90. The minimum atomic E-state index is -0.546. The van der Waals surface area contributed by atoms with Gasteiger partial charge < -0.3 is 15.2 Å². The van der Waals surface area contributed by atoms with Crippen molar-refractivity contribution in [1.29, 1.82) is 0 Å². The number of aliphatic hydroxyl groups is 1. The van der Waals surface area contributed by atoms with Gasteiger partial charge in [0, 0.05) is 18.5 Å². The number of benzene rings is 1. The number of amides is 2. The van der Waals surface area contributed by atoms with Crippen LogP contribution in [0.3, 0.4) is 0 Å². The summed E-state index contributed by atoms with van der Waals surface area (Å²) in [5.74, 6) is 0.481. The van der Waals surface area contributed by atoms with Gasteiger partial charge in [-0.05, 0) is 31.4 Å². The fraction of sp³-hybridized carbons (Fsp3) is 0.381. The fourth-order valence-electron chi connectivity index (χ4n) is 3.75. The van der Waals surface area contributed by atoms with Crippen molar-refractivity contribution in [2.75, 3.05) is 18.5 Å². The van der Waals surface area contributed by atoms with E-state index in [9.17, 15) is 9.90 Å². The number of nitrogens with one attached hydrogen (secondary N) is 2. The highest BCUT2D eigenvalue weighted by molar-refractivity contribution is 5.92. The highest BCUT2D eigenvalue weighted by Gasteiger charge is 2.26. The number of anilines is 1. The van der Waals surface area contributed by atoms with Crippen molar-refractivity contribution >= 4 is 22.8 Å². The van der Waals surface area contributed by atoms with E-state index in [0.29, 0.717) is 18.8 Å². The Balaban J connectivity index is 1.69. The average molecular weight is 395 g/mol. The van der Waals surface area contributed by atoms with Crippen molar-refractivity contribution in [2.24, 2.45) is 0 Å². The Labute approximate surface area is 168 Å². The van der Waals surface area contributed by atoms with Crippen molar-refractivity contribution in [3.63, 3.8) is 0 Å². The Morgan fingerprint density at radius 3 is 2.90 bits per heavy atom. The average Bonchev–Trinajstić information content (AvgIpc) is 3.15. The largest absolute Gasteiger partial charge is 0.394 e. The van der Waals surface area contributed by atoms with Gasteiger partial charge >= 0.3 is 6.03 Å². The zero-order chi connectivity index (χ0) is 20.2. The number of ether oxygens (including phenoxy) is 1. The summed E-state index contributed by atoms with van der Waals surface area (Å²) in [7, 11) is 0. The second-order valence-electron chi connectivity index (χ2n) is 7.03. The molecule has 1 aliphatic rings. The maximum atomic E-state index is 12.7. The summed E-state index contributed by atoms with van der Waals surface area (Å²) in [4.78, 5) is 17.4. The molecule has 0 saturated heterocycles. The van der Waals surface area contributed by atoms with Gasteiger partial charge in [-0.1, -0.05) is 30.3 Å². The third-order valence-corrected chi connectivity index (χ3v) is 5.12. The van der Waals surface area contributed by atoms with Crippen molar-refractivity contribution < 1.29 is 14.6 Å². The molecule has 2 aromatic heterocycles. The van der Waals surface area contributed by atoms with Crippen LogP contribution in [0.1, 0.15) is 30.6 Å². The van der Waals surface area contributed by atoms with Crippen molar-refractivity contribution in [2.45, 2.75) is 38.5 Å². The molecule has 3 aromatic rings. The number of aromatic nitrogens is 3. The Morgan fingerprint density at radius 2 is 2.14 bits per heavy atom. The van der Waals surface area contributed by atoms with E-state index in [-0.39, 0.29) is 6.61 Å². The first-order valence-corrected chi connectivity index (χ1v) is 9.90. The van der Waals surface area contributed by atoms with Crippen LogP contribution in [0.2, 0.25) is 0 Å². The third kappa shape index (κ3) is 4.08. The third-order valence-electron chi connectivity index (χ3n) is 5.12. The molecule has 29 heavy (non-hydrogen) atoms. The minimum absolute atomic E-state index is 0.198. The SMILES string of the molecule is CCn1ncc2cc3nc(c21)CCCOC(CO)C(c1ccccc1)NC(=O)N3. The molecule has 152 valence electrons. The van der Waals surface area contributed by atoms with Crippen LogP contribution in [0, 0.1) is 0 Å². The van der Waals surface area contributed by atoms with E-state index < -0.39 is 18.2 Å². The molecule has 1 aliphatic heterocycles. The van der Waals surface area contributed by atoms with E-state index in [1.807, 2.05) is 48.0 Å². The maximum Gasteiger partial charge on any atom is 0.320 e. The minimum Gasteiger partial charge on any atom is -0.394 e. The van der Waals surface area contributed by atoms with Gasteiger partial charge in [-0.15, -0.1) is 0 Å². The highest BCUT2D eigenvalue weighted by Crippen LogP contribution is 2.24. The summed E-state index contributed by atoms with van der Waals surface area (Å²) in [6, 6.07) is 10.5. The van der Waals surface area contributed by atoms with Gasteiger partial charge in [-0.3, -0.25) is 10.00 Å². The molecular formula is C21H25N5O3. The summed E-state index contributed by atoms with van der Waals surface area (Å²) in [5, 5.41) is 21.0.